The number of esters is 1. The van der Waals surface area contributed by atoms with Crippen LogP contribution >= 0.6 is 23.4 Å². The number of anilines is 2. The van der Waals surface area contributed by atoms with Crippen molar-refractivity contribution in [3.63, 3.8) is 0 Å². The van der Waals surface area contributed by atoms with E-state index < -0.39 is 35.6 Å². The van der Waals surface area contributed by atoms with E-state index >= 15 is 0 Å². The molecule has 0 aliphatic carbocycles. The Kier molecular flexibility index (Phi) is 8.39. The fraction of sp³-hybridized carbons (Fsp3) is 0.333. The number of hydrogen-bond acceptors (Lipinski definition) is 7. The number of nitrogens with one attached hydrogen (secondary N) is 3. The van der Waals surface area contributed by atoms with Crippen molar-refractivity contribution in [2.75, 3.05) is 30.0 Å². The largest absolute Gasteiger partial charge is 0.491 e. The Morgan fingerprint density at radius 3 is 2.47 bits per heavy atom. The maximum Gasteiger partial charge on any atom is 0.491 e. The predicted octanol–water partition coefficient (Wildman–Crippen LogP) is 4.12. The standard InChI is InChI=1S/C21H20ClF3N4O4S/c1-34-13-8-14(19(31)28-16-3-2-12(22)10-27-16)17(15(9-13)33-20(32)21(23,24)25)29-18(30)11-4-6-26-7-5-11/h2-3,8-11,26H,4-7H2,1H3,(H,29,30)(H,27,28,31). The number of halogens is 4. The van der Waals surface area contributed by atoms with Gasteiger partial charge in [-0.15, -0.1) is 11.8 Å². The molecule has 0 saturated carbocycles. The third-order valence-corrected chi connectivity index (χ3v) is 5.85. The second kappa shape index (κ2) is 11.1. The maximum atomic E-state index is 13.1. The number of rotatable bonds is 6. The average molecular weight is 517 g/mol. The molecule has 2 heterocycles. The van der Waals surface area contributed by atoms with E-state index in [2.05, 4.69) is 25.7 Å². The molecule has 1 aliphatic rings. The minimum atomic E-state index is -5.28. The molecule has 0 bridgehead atoms. The summed E-state index contributed by atoms with van der Waals surface area (Å²) in [6.45, 7) is 1.18. The number of hydrogen-bond donors (Lipinski definition) is 3. The van der Waals surface area contributed by atoms with Crippen LogP contribution in [-0.2, 0) is 9.59 Å². The van der Waals surface area contributed by atoms with Gasteiger partial charge in [0.1, 0.15) is 5.82 Å². The van der Waals surface area contributed by atoms with E-state index in [0.29, 0.717) is 35.8 Å². The summed E-state index contributed by atoms with van der Waals surface area (Å²) >= 11 is 6.90. The molecule has 1 aromatic heterocycles. The zero-order valence-electron chi connectivity index (χ0n) is 17.8. The lowest BCUT2D eigenvalue weighted by Crippen LogP contribution is -2.35. The Balaban J connectivity index is 2.02. The highest BCUT2D eigenvalue weighted by molar-refractivity contribution is 7.98. The zero-order chi connectivity index (χ0) is 24.9. The number of thioether (sulfide) groups is 1. The molecule has 34 heavy (non-hydrogen) atoms. The SMILES string of the molecule is CSc1cc(OC(=O)C(F)(F)F)c(NC(=O)C2CCNCC2)c(C(=O)Nc2ccc(Cl)cn2)c1. The summed E-state index contributed by atoms with van der Waals surface area (Å²) in [5.74, 6) is -4.66. The zero-order valence-corrected chi connectivity index (χ0v) is 19.4. The van der Waals surface area contributed by atoms with Gasteiger partial charge in [0, 0.05) is 17.0 Å². The highest BCUT2D eigenvalue weighted by atomic mass is 35.5. The summed E-state index contributed by atoms with van der Waals surface area (Å²) in [4.78, 5) is 41.8. The molecule has 2 aromatic rings. The molecule has 182 valence electrons. The number of aromatic nitrogens is 1. The number of benzene rings is 1. The van der Waals surface area contributed by atoms with Crippen molar-refractivity contribution < 1.29 is 32.3 Å². The van der Waals surface area contributed by atoms with Crippen molar-refractivity contribution in [3.05, 3.63) is 41.0 Å². The van der Waals surface area contributed by atoms with Crippen molar-refractivity contribution in [2.24, 2.45) is 5.92 Å². The van der Waals surface area contributed by atoms with Crippen LogP contribution in [0.3, 0.4) is 0 Å². The Morgan fingerprint density at radius 2 is 1.88 bits per heavy atom. The van der Waals surface area contributed by atoms with Gasteiger partial charge in [-0.3, -0.25) is 9.59 Å². The van der Waals surface area contributed by atoms with Gasteiger partial charge in [0.25, 0.3) is 5.91 Å². The fourth-order valence-corrected chi connectivity index (χ4v) is 3.77. The molecule has 2 amide bonds. The topological polar surface area (TPSA) is 109 Å². The molecule has 8 nitrogen and oxygen atoms in total. The van der Waals surface area contributed by atoms with E-state index in [-0.39, 0.29) is 17.1 Å². The van der Waals surface area contributed by atoms with Gasteiger partial charge in [0.05, 0.1) is 16.3 Å². The third-order valence-electron chi connectivity index (χ3n) is 4.92. The summed E-state index contributed by atoms with van der Waals surface area (Å²) in [7, 11) is 0. The van der Waals surface area contributed by atoms with Crippen LogP contribution in [0.4, 0.5) is 24.7 Å². The number of alkyl halides is 3. The predicted molar refractivity (Wildman–Crippen MR) is 121 cm³/mol. The normalized spacial score (nSPS) is 14.4. The molecular formula is C21H20ClF3N4O4S. The lowest BCUT2D eigenvalue weighted by Gasteiger charge is -2.23. The van der Waals surface area contributed by atoms with E-state index in [4.69, 9.17) is 11.6 Å². The van der Waals surface area contributed by atoms with Gasteiger partial charge < -0.3 is 20.7 Å². The minimum absolute atomic E-state index is 0.119. The second-order valence-corrected chi connectivity index (χ2v) is 8.58. The maximum absolute atomic E-state index is 13.1. The van der Waals surface area contributed by atoms with Crippen LogP contribution in [0.5, 0.6) is 5.75 Å². The molecule has 0 spiro atoms. The van der Waals surface area contributed by atoms with Crippen LogP contribution < -0.4 is 20.7 Å². The van der Waals surface area contributed by atoms with Gasteiger partial charge in [0.15, 0.2) is 5.75 Å². The number of piperidine rings is 1. The van der Waals surface area contributed by atoms with Gasteiger partial charge in [-0.2, -0.15) is 13.2 Å². The molecule has 13 heteroatoms. The molecule has 1 aromatic carbocycles. The van der Waals surface area contributed by atoms with E-state index in [1.807, 2.05) is 0 Å². The summed E-state index contributed by atoms with van der Waals surface area (Å²) in [5, 5.41) is 8.45. The number of ether oxygens (including phenoxy) is 1. The summed E-state index contributed by atoms with van der Waals surface area (Å²) in [6, 6.07) is 5.44. The molecular weight excluding hydrogens is 497 g/mol. The van der Waals surface area contributed by atoms with Gasteiger partial charge in [0.2, 0.25) is 5.91 Å². The van der Waals surface area contributed by atoms with Crippen molar-refractivity contribution in [1.29, 1.82) is 0 Å². The van der Waals surface area contributed by atoms with Crippen LogP contribution in [0.25, 0.3) is 0 Å². The highest BCUT2D eigenvalue weighted by Crippen LogP contribution is 2.36. The number of carbonyl (C=O) groups is 3. The quantitative estimate of drug-likeness (QED) is 0.301. The van der Waals surface area contributed by atoms with E-state index in [1.54, 1.807) is 6.26 Å². The van der Waals surface area contributed by atoms with Crippen LogP contribution in [-0.4, -0.2) is 48.3 Å². The van der Waals surface area contributed by atoms with Crippen molar-refractivity contribution in [2.45, 2.75) is 23.9 Å². The van der Waals surface area contributed by atoms with Crippen LogP contribution in [0.15, 0.2) is 35.4 Å². The van der Waals surface area contributed by atoms with E-state index in [1.165, 1.54) is 24.4 Å². The molecule has 0 atom stereocenters. The van der Waals surface area contributed by atoms with Crippen LogP contribution in [0.2, 0.25) is 5.02 Å². The van der Waals surface area contributed by atoms with Gasteiger partial charge >= 0.3 is 12.1 Å². The number of carbonyl (C=O) groups excluding carboxylic acids is 3. The van der Waals surface area contributed by atoms with Gasteiger partial charge in [-0.1, -0.05) is 11.6 Å². The fourth-order valence-electron chi connectivity index (χ4n) is 3.20. The monoisotopic (exact) mass is 516 g/mol. The minimum Gasteiger partial charge on any atom is -0.418 e. The van der Waals surface area contributed by atoms with Crippen molar-refractivity contribution in [1.82, 2.24) is 10.3 Å². The Labute approximate surface area is 202 Å². The molecule has 1 saturated heterocycles. The third kappa shape index (κ3) is 6.61. The molecule has 0 radical (unpaired) electrons. The van der Waals surface area contributed by atoms with E-state index in [0.717, 1.165) is 17.8 Å². The highest BCUT2D eigenvalue weighted by Gasteiger charge is 2.42. The Bertz CT molecular complexity index is 1080. The summed E-state index contributed by atoms with van der Waals surface area (Å²) < 4.78 is 43.3. The second-order valence-electron chi connectivity index (χ2n) is 7.26. The smallest absolute Gasteiger partial charge is 0.418 e. The first-order valence-electron chi connectivity index (χ1n) is 10.0. The van der Waals surface area contributed by atoms with Crippen LogP contribution in [0.1, 0.15) is 23.2 Å². The lowest BCUT2D eigenvalue weighted by molar-refractivity contribution is -0.189. The summed E-state index contributed by atoms with van der Waals surface area (Å²) in [6.07, 6.45) is -1.35. The molecule has 3 N–H and O–H groups in total. The van der Waals surface area contributed by atoms with Gasteiger partial charge in [-0.25, -0.2) is 9.78 Å². The first-order valence-corrected chi connectivity index (χ1v) is 11.6. The molecule has 0 unspecified atom stereocenters. The molecule has 1 aliphatic heterocycles. The van der Waals surface area contributed by atoms with E-state index in [9.17, 15) is 27.6 Å². The first kappa shape index (κ1) is 25.8. The van der Waals surface area contributed by atoms with Gasteiger partial charge in [-0.05, 0) is 56.5 Å². The number of amides is 2. The number of pyridine rings is 1. The van der Waals surface area contributed by atoms with Crippen molar-refractivity contribution >= 4 is 52.7 Å². The van der Waals surface area contributed by atoms with Crippen LogP contribution in [0, 0.1) is 5.92 Å². The summed E-state index contributed by atoms with van der Waals surface area (Å²) in [5.41, 5.74) is -0.541. The number of nitrogens with zero attached hydrogens (tertiary/aromatic N) is 1. The molecule has 3 rings (SSSR count). The Hall–Kier alpha value is -2.83. The lowest BCUT2D eigenvalue weighted by atomic mass is 9.97. The van der Waals surface area contributed by atoms with Crippen molar-refractivity contribution in [3.8, 4) is 5.75 Å². The average Bonchev–Trinajstić information content (AvgIpc) is 2.81. The first-order chi connectivity index (χ1) is 16.1. The molecule has 1 fully saturated rings. The Morgan fingerprint density at radius 1 is 1.18 bits per heavy atom.